The minimum Gasteiger partial charge on any atom is -0.481 e. The Balaban J connectivity index is 1.91. The van der Waals surface area contributed by atoms with Gasteiger partial charge in [0.1, 0.15) is 0 Å². The van der Waals surface area contributed by atoms with Crippen molar-refractivity contribution >= 4 is 5.97 Å². The van der Waals surface area contributed by atoms with Crippen molar-refractivity contribution in [3.63, 3.8) is 0 Å². The number of nitrogens with zero attached hydrogens (tertiary/aromatic N) is 1. The Morgan fingerprint density at radius 2 is 2.21 bits per heavy atom. The lowest BCUT2D eigenvalue weighted by Gasteiger charge is -2.30. The average molecular weight is 261 g/mol. The van der Waals surface area contributed by atoms with Crippen molar-refractivity contribution < 1.29 is 9.90 Å². The van der Waals surface area contributed by atoms with E-state index >= 15 is 0 Å². The lowest BCUT2D eigenvalue weighted by atomic mass is 9.97. The lowest BCUT2D eigenvalue weighted by Crippen LogP contribution is -2.39. The van der Waals surface area contributed by atoms with E-state index in [2.05, 4.69) is 36.9 Å². The van der Waals surface area contributed by atoms with Crippen molar-refractivity contribution in [2.24, 2.45) is 5.92 Å². The van der Waals surface area contributed by atoms with Crippen LogP contribution in [-0.4, -0.2) is 35.6 Å². The first kappa shape index (κ1) is 14.1. The second-order valence-electron chi connectivity index (χ2n) is 5.66. The Morgan fingerprint density at radius 1 is 1.42 bits per heavy atom. The summed E-state index contributed by atoms with van der Waals surface area (Å²) in [6.07, 6.45) is 2.85. The van der Waals surface area contributed by atoms with Crippen LogP contribution in [0.3, 0.4) is 0 Å². The molecule has 104 valence electrons. The summed E-state index contributed by atoms with van der Waals surface area (Å²) in [6.45, 7) is 6.97. The molecule has 0 amide bonds. The highest BCUT2D eigenvalue weighted by atomic mass is 16.4. The summed E-state index contributed by atoms with van der Waals surface area (Å²) < 4.78 is 0. The van der Waals surface area contributed by atoms with Crippen molar-refractivity contribution in [1.82, 2.24) is 4.90 Å². The van der Waals surface area contributed by atoms with Gasteiger partial charge in [0.05, 0.1) is 5.92 Å². The second-order valence-corrected chi connectivity index (χ2v) is 5.66. The molecule has 0 aliphatic carbocycles. The number of carboxylic acids is 1. The third kappa shape index (κ3) is 3.80. The smallest absolute Gasteiger partial charge is 0.307 e. The van der Waals surface area contributed by atoms with Crippen LogP contribution in [0.25, 0.3) is 0 Å². The number of carboxylic acid groups (broad SMARTS) is 1. The van der Waals surface area contributed by atoms with E-state index in [1.165, 1.54) is 16.7 Å². The number of likely N-dealkylation sites (tertiary alicyclic amines) is 1. The zero-order chi connectivity index (χ0) is 13.8. The average Bonchev–Trinajstić information content (AvgIpc) is 2.40. The van der Waals surface area contributed by atoms with Gasteiger partial charge in [-0.25, -0.2) is 0 Å². The molecule has 1 aromatic rings. The van der Waals surface area contributed by atoms with Crippen molar-refractivity contribution in [3.05, 3.63) is 34.9 Å². The zero-order valence-corrected chi connectivity index (χ0v) is 11.9. The molecule has 1 aromatic carbocycles. The first-order chi connectivity index (χ1) is 9.06. The highest BCUT2D eigenvalue weighted by Gasteiger charge is 2.24. The van der Waals surface area contributed by atoms with Crippen LogP contribution in [0, 0.1) is 19.8 Å². The lowest BCUT2D eigenvalue weighted by molar-refractivity contribution is -0.143. The maximum Gasteiger partial charge on any atom is 0.307 e. The van der Waals surface area contributed by atoms with E-state index in [1.54, 1.807) is 0 Å². The van der Waals surface area contributed by atoms with Crippen molar-refractivity contribution in [3.8, 4) is 0 Å². The fourth-order valence-corrected chi connectivity index (χ4v) is 2.81. The fourth-order valence-electron chi connectivity index (χ4n) is 2.81. The third-order valence-electron chi connectivity index (χ3n) is 4.06. The number of aliphatic carboxylic acids is 1. The second kappa shape index (κ2) is 6.20. The molecule has 1 saturated heterocycles. The Hall–Kier alpha value is -1.35. The van der Waals surface area contributed by atoms with E-state index in [0.29, 0.717) is 6.54 Å². The predicted octanol–water partition coefficient (Wildman–Crippen LogP) is 2.64. The molecule has 1 aliphatic rings. The highest BCUT2D eigenvalue weighted by molar-refractivity contribution is 5.70. The van der Waals surface area contributed by atoms with Gasteiger partial charge in [-0.1, -0.05) is 23.8 Å². The summed E-state index contributed by atoms with van der Waals surface area (Å²) in [5.41, 5.74) is 4.01. The zero-order valence-electron chi connectivity index (χ0n) is 11.9. The van der Waals surface area contributed by atoms with E-state index in [4.69, 9.17) is 5.11 Å². The molecule has 0 aromatic heterocycles. The van der Waals surface area contributed by atoms with Crippen molar-refractivity contribution in [1.29, 1.82) is 0 Å². The van der Waals surface area contributed by atoms with Crippen LogP contribution in [0.4, 0.5) is 0 Å². The molecule has 0 bridgehead atoms. The molecule has 1 heterocycles. The first-order valence-electron chi connectivity index (χ1n) is 7.07. The first-order valence-corrected chi connectivity index (χ1v) is 7.07. The van der Waals surface area contributed by atoms with Gasteiger partial charge in [0.2, 0.25) is 0 Å². The largest absolute Gasteiger partial charge is 0.481 e. The van der Waals surface area contributed by atoms with Crippen LogP contribution in [-0.2, 0) is 11.2 Å². The molecule has 3 nitrogen and oxygen atoms in total. The summed E-state index contributed by atoms with van der Waals surface area (Å²) in [4.78, 5) is 13.3. The van der Waals surface area contributed by atoms with E-state index in [1.807, 2.05) is 0 Å². The Labute approximate surface area is 115 Å². The molecular formula is C16H23NO2. The van der Waals surface area contributed by atoms with E-state index in [0.717, 1.165) is 32.4 Å². The van der Waals surface area contributed by atoms with Crippen molar-refractivity contribution in [2.45, 2.75) is 33.1 Å². The minimum atomic E-state index is -0.642. The molecule has 0 saturated carbocycles. The normalized spacial score (nSPS) is 20.4. The third-order valence-corrected chi connectivity index (χ3v) is 4.06. The van der Waals surface area contributed by atoms with Gasteiger partial charge in [0.25, 0.3) is 0 Å². The van der Waals surface area contributed by atoms with Gasteiger partial charge in [-0.15, -0.1) is 0 Å². The summed E-state index contributed by atoms with van der Waals surface area (Å²) in [7, 11) is 0. The number of hydrogen-bond donors (Lipinski definition) is 1. The number of piperidine rings is 1. The number of hydrogen-bond acceptors (Lipinski definition) is 2. The van der Waals surface area contributed by atoms with Gasteiger partial charge in [0.15, 0.2) is 0 Å². The predicted molar refractivity (Wildman–Crippen MR) is 76.4 cm³/mol. The number of benzene rings is 1. The molecule has 0 radical (unpaired) electrons. The molecule has 1 fully saturated rings. The quantitative estimate of drug-likeness (QED) is 0.906. The SMILES string of the molecule is Cc1ccc(C)c(CCN2CCCC(C(=O)O)C2)c1. The Bertz CT molecular complexity index is 456. The highest BCUT2D eigenvalue weighted by Crippen LogP contribution is 2.18. The monoisotopic (exact) mass is 261 g/mol. The number of aryl methyl sites for hydroxylation is 2. The van der Waals surface area contributed by atoms with E-state index < -0.39 is 5.97 Å². The van der Waals surface area contributed by atoms with Gasteiger partial charge in [-0.05, 0) is 50.8 Å². The van der Waals surface area contributed by atoms with Crippen LogP contribution in [0.1, 0.15) is 29.5 Å². The number of carbonyl (C=O) groups is 1. The summed E-state index contributed by atoms with van der Waals surface area (Å²) in [6, 6.07) is 6.55. The summed E-state index contributed by atoms with van der Waals surface area (Å²) in [5, 5.41) is 9.10. The van der Waals surface area contributed by atoms with Crippen molar-refractivity contribution in [2.75, 3.05) is 19.6 Å². The minimum absolute atomic E-state index is 0.174. The summed E-state index contributed by atoms with van der Waals surface area (Å²) >= 11 is 0. The van der Waals surface area contributed by atoms with Gasteiger partial charge in [-0.2, -0.15) is 0 Å². The fraction of sp³-hybridized carbons (Fsp3) is 0.562. The van der Waals surface area contributed by atoms with Crippen LogP contribution in [0.5, 0.6) is 0 Å². The van der Waals surface area contributed by atoms with Gasteiger partial charge < -0.3 is 10.0 Å². The molecule has 1 unspecified atom stereocenters. The number of rotatable bonds is 4. The molecule has 0 spiro atoms. The molecule has 3 heteroatoms. The van der Waals surface area contributed by atoms with E-state index in [-0.39, 0.29) is 5.92 Å². The van der Waals surface area contributed by atoms with Crippen LogP contribution in [0.15, 0.2) is 18.2 Å². The van der Waals surface area contributed by atoms with Gasteiger partial charge in [-0.3, -0.25) is 4.79 Å². The molecule has 1 aliphatic heterocycles. The molecule has 1 atom stereocenters. The standard InChI is InChI=1S/C16H23NO2/c1-12-5-6-13(2)14(10-12)7-9-17-8-3-4-15(11-17)16(18)19/h5-6,10,15H,3-4,7-9,11H2,1-2H3,(H,18,19). The molecule has 1 N–H and O–H groups in total. The molecule has 19 heavy (non-hydrogen) atoms. The topological polar surface area (TPSA) is 40.5 Å². The van der Waals surface area contributed by atoms with Gasteiger partial charge in [0, 0.05) is 13.1 Å². The Kier molecular flexibility index (Phi) is 4.59. The van der Waals surface area contributed by atoms with Crippen LogP contribution < -0.4 is 0 Å². The van der Waals surface area contributed by atoms with Crippen LogP contribution in [0.2, 0.25) is 0 Å². The van der Waals surface area contributed by atoms with Gasteiger partial charge >= 0.3 is 5.97 Å². The molecule has 2 rings (SSSR count). The van der Waals surface area contributed by atoms with Crippen LogP contribution >= 0.6 is 0 Å². The summed E-state index contributed by atoms with van der Waals surface area (Å²) in [5.74, 6) is -0.816. The van der Waals surface area contributed by atoms with E-state index in [9.17, 15) is 4.79 Å². The maximum absolute atomic E-state index is 11.0. The Morgan fingerprint density at radius 3 is 2.95 bits per heavy atom. The molecular weight excluding hydrogens is 238 g/mol. The maximum atomic E-state index is 11.0.